The van der Waals surface area contributed by atoms with E-state index in [2.05, 4.69) is 11.1 Å². The Morgan fingerprint density at radius 1 is 1.25 bits per heavy atom. The molecular formula is C14H12N2O2S2. The van der Waals surface area contributed by atoms with E-state index in [0.29, 0.717) is 16.3 Å². The van der Waals surface area contributed by atoms with Crippen molar-refractivity contribution in [3.8, 4) is 6.07 Å². The molecule has 0 aliphatic carbocycles. The number of thioether (sulfide) groups is 1. The van der Waals surface area contributed by atoms with Crippen LogP contribution < -0.4 is 0 Å². The van der Waals surface area contributed by atoms with Crippen molar-refractivity contribution in [3.05, 3.63) is 53.9 Å². The third-order valence-corrected chi connectivity index (χ3v) is 4.83. The van der Waals surface area contributed by atoms with Crippen molar-refractivity contribution in [2.45, 2.75) is 15.5 Å². The van der Waals surface area contributed by atoms with E-state index in [4.69, 9.17) is 5.26 Å². The van der Waals surface area contributed by atoms with Crippen molar-refractivity contribution in [3.63, 3.8) is 0 Å². The van der Waals surface area contributed by atoms with Crippen molar-refractivity contribution in [1.29, 1.82) is 5.26 Å². The summed E-state index contributed by atoms with van der Waals surface area (Å²) in [5.74, 6) is 0.620. The summed E-state index contributed by atoms with van der Waals surface area (Å²) in [6.07, 6.45) is 2.78. The minimum absolute atomic E-state index is 0.306. The van der Waals surface area contributed by atoms with E-state index >= 15 is 0 Å². The van der Waals surface area contributed by atoms with E-state index in [1.807, 2.05) is 6.07 Å². The standard InChI is InChI=1S/C14H12N2O2S2/c1-20(17,18)13-6-4-12(5-7-13)19-10-11-3-2-8-16-14(11)9-15/h2-8H,10H2,1H3. The normalized spacial score (nSPS) is 11.0. The van der Waals surface area contributed by atoms with Gasteiger partial charge in [-0.15, -0.1) is 11.8 Å². The second kappa shape index (κ2) is 6.07. The summed E-state index contributed by atoms with van der Waals surface area (Å²) in [4.78, 5) is 5.26. The minimum atomic E-state index is -3.16. The van der Waals surface area contributed by atoms with Crippen LogP contribution in [0.2, 0.25) is 0 Å². The predicted octanol–water partition coefficient (Wildman–Crippen LogP) is 2.65. The first-order chi connectivity index (χ1) is 9.50. The maximum absolute atomic E-state index is 11.4. The Morgan fingerprint density at radius 3 is 2.55 bits per heavy atom. The lowest BCUT2D eigenvalue weighted by molar-refractivity contribution is 0.602. The third kappa shape index (κ3) is 3.59. The van der Waals surface area contributed by atoms with Gasteiger partial charge >= 0.3 is 0 Å². The number of hydrogen-bond donors (Lipinski definition) is 0. The van der Waals surface area contributed by atoms with Gasteiger partial charge < -0.3 is 0 Å². The molecule has 0 unspecified atom stereocenters. The van der Waals surface area contributed by atoms with E-state index in [0.717, 1.165) is 10.5 Å². The molecule has 20 heavy (non-hydrogen) atoms. The quantitative estimate of drug-likeness (QED) is 0.812. The Morgan fingerprint density at radius 2 is 1.95 bits per heavy atom. The van der Waals surface area contributed by atoms with Crippen molar-refractivity contribution in [1.82, 2.24) is 4.98 Å². The summed E-state index contributed by atoms with van der Waals surface area (Å²) in [5.41, 5.74) is 1.29. The molecule has 0 saturated carbocycles. The predicted molar refractivity (Wildman–Crippen MR) is 78.1 cm³/mol. The lowest BCUT2D eigenvalue weighted by Crippen LogP contribution is -1.96. The smallest absolute Gasteiger partial charge is 0.175 e. The summed E-state index contributed by atoms with van der Waals surface area (Å²) >= 11 is 1.54. The summed E-state index contributed by atoms with van der Waals surface area (Å²) in [5, 5.41) is 8.95. The van der Waals surface area contributed by atoms with Gasteiger partial charge in [0.2, 0.25) is 0 Å². The molecular weight excluding hydrogens is 292 g/mol. The fraction of sp³-hybridized carbons (Fsp3) is 0.143. The van der Waals surface area contributed by atoms with Crippen LogP contribution in [0.5, 0.6) is 0 Å². The summed E-state index contributed by atoms with van der Waals surface area (Å²) in [6.45, 7) is 0. The number of hydrogen-bond acceptors (Lipinski definition) is 5. The molecule has 0 atom stereocenters. The van der Waals surface area contributed by atoms with Gasteiger partial charge in [0.05, 0.1) is 4.90 Å². The molecule has 0 amide bonds. The molecule has 0 fully saturated rings. The Hall–Kier alpha value is -1.84. The van der Waals surface area contributed by atoms with Gasteiger partial charge in [0.15, 0.2) is 9.84 Å². The molecule has 102 valence electrons. The first-order valence-electron chi connectivity index (χ1n) is 5.77. The highest BCUT2D eigenvalue weighted by atomic mass is 32.2. The first kappa shape index (κ1) is 14.6. The van der Waals surface area contributed by atoms with E-state index in [9.17, 15) is 8.42 Å². The second-order valence-electron chi connectivity index (χ2n) is 4.16. The van der Waals surface area contributed by atoms with Gasteiger partial charge in [0.25, 0.3) is 0 Å². The number of sulfone groups is 1. The van der Waals surface area contributed by atoms with Crippen molar-refractivity contribution in [2.24, 2.45) is 0 Å². The third-order valence-electron chi connectivity index (χ3n) is 2.64. The van der Waals surface area contributed by atoms with Gasteiger partial charge in [-0.2, -0.15) is 5.26 Å². The van der Waals surface area contributed by atoms with Crippen molar-refractivity contribution in [2.75, 3.05) is 6.26 Å². The van der Waals surface area contributed by atoms with Crippen LogP contribution in [0.4, 0.5) is 0 Å². The molecule has 1 aromatic carbocycles. The number of pyridine rings is 1. The van der Waals surface area contributed by atoms with E-state index in [1.165, 1.54) is 18.0 Å². The Bertz CT molecular complexity index is 747. The Kier molecular flexibility index (Phi) is 4.42. The van der Waals surface area contributed by atoms with Crippen molar-refractivity contribution >= 4 is 21.6 Å². The average Bonchev–Trinajstić information content (AvgIpc) is 2.45. The summed E-state index contributed by atoms with van der Waals surface area (Å²) in [6, 6.07) is 12.4. The average molecular weight is 304 g/mol. The molecule has 0 aliphatic heterocycles. The van der Waals surface area contributed by atoms with Crippen LogP contribution in [0.15, 0.2) is 52.4 Å². The minimum Gasteiger partial charge on any atom is -0.245 e. The number of aromatic nitrogens is 1. The molecule has 0 spiro atoms. The molecule has 0 bridgehead atoms. The highest BCUT2D eigenvalue weighted by molar-refractivity contribution is 7.98. The number of nitrogens with zero attached hydrogens (tertiary/aromatic N) is 2. The fourth-order valence-corrected chi connectivity index (χ4v) is 3.11. The summed E-state index contributed by atoms with van der Waals surface area (Å²) < 4.78 is 22.7. The molecule has 1 aromatic heterocycles. The Labute approximate surface area is 122 Å². The molecule has 0 aliphatic rings. The van der Waals surface area contributed by atoms with Crippen LogP contribution in [0, 0.1) is 11.3 Å². The zero-order valence-corrected chi connectivity index (χ0v) is 12.4. The zero-order chi connectivity index (χ0) is 14.6. The maximum atomic E-state index is 11.4. The summed E-state index contributed by atoms with van der Waals surface area (Å²) in [7, 11) is -3.16. The van der Waals surface area contributed by atoms with Crippen LogP contribution in [-0.2, 0) is 15.6 Å². The van der Waals surface area contributed by atoms with Gasteiger partial charge in [-0.1, -0.05) is 6.07 Å². The van der Waals surface area contributed by atoms with Gasteiger partial charge in [0.1, 0.15) is 11.8 Å². The van der Waals surface area contributed by atoms with Crippen LogP contribution in [0.1, 0.15) is 11.3 Å². The van der Waals surface area contributed by atoms with Crippen LogP contribution in [0.3, 0.4) is 0 Å². The molecule has 2 aromatic rings. The first-order valence-corrected chi connectivity index (χ1v) is 8.65. The fourth-order valence-electron chi connectivity index (χ4n) is 1.60. The van der Waals surface area contributed by atoms with Crippen LogP contribution in [-0.4, -0.2) is 19.7 Å². The number of nitriles is 1. The Balaban J connectivity index is 2.10. The highest BCUT2D eigenvalue weighted by Gasteiger charge is 2.07. The van der Waals surface area contributed by atoms with Crippen LogP contribution in [0.25, 0.3) is 0 Å². The van der Waals surface area contributed by atoms with Crippen LogP contribution >= 0.6 is 11.8 Å². The lowest BCUT2D eigenvalue weighted by atomic mass is 10.2. The maximum Gasteiger partial charge on any atom is 0.175 e. The van der Waals surface area contributed by atoms with Gasteiger partial charge in [-0.25, -0.2) is 13.4 Å². The van der Waals surface area contributed by atoms with E-state index in [-0.39, 0.29) is 0 Å². The van der Waals surface area contributed by atoms with Gasteiger partial charge in [-0.3, -0.25) is 0 Å². The molecule has 1 heterocycles. The number of rotatable bonds is 4. The second-order valence-corrected chi connectivity index (χ2v) is 7.22. The molecule has 4 nitrogen and oxygen atoms in total. The van der Waals surface area contributed by atoms with Gasteiger partial charge in [-0.05, 0) is 35.9 Å². The largest absolute Gasteiger partial charge is 0.245 e. The molecule has 0 radical (unpaired) electrons. The van der Waals surface area contributed by atoms with E-state index in [1.54, 1.807) is 36.5 Å². The lowest BCUT2D eigenvalue weighted by Gasteiger charge is -2.04. The topological polar surface area (TPSA) is 70.8 Å². The molecule has 0 saturated heterocycles. The molecule has 6 heteroatoms. The molecule has 0 N–H and O–H groups in total. The highest BCUT2D eigenvalue weighted by Crippen LogP contribution is 2.24. The van der Waals surface area contributed by atoms with Gasteiger partial charge in [0, 0.05) is 23.1 Å². The monoisotopic (exact) mass is 304 g/mol. The van der Waals surface area contributed by atoms with Crippen molar-refractivity contribution < 1.29 is 8.42 Å². The zero-order valence-electron chi connectivity index (χ0n) is 10.8. The number of benzene rings is 1. The van der Waals surface area contributed by atoms with E-state index < -0.39 is 9.84 Å². The molecule has 2 rings (SSSR count). The SMILES string of the molecule is CS(=O)(=O)c1ccc(SCc2cccnc2C#N)cc1.